The number of benzene rings is 1. The lowest BCUT2D eigenvalue weighted by atomic mass is 10.1. The number of anilines is 1. The highest BCUT2D eigenvalue weighted by Gasteiger charge is 2.13. The largest absolute Gasteiger partial charge is 0.399 e. The number of unbranched alkanes of at least 4 members (excludes halogenated alkanes) is 2. The van der Waals surface area contributed by atoms with E-state index in [1.807, 2.05) is 13.0 Å². The molecule has 0 aromatic heterocycles. The van der Waals surface area contributed by atoms with Crippen molar-refractivity contribution in [1.29, 1.82) is 0 Å². The molecule has 0 unspecified atom stereocenters. The zero-order valence-electron chi connectivity index (χ0n) is 11.1. The van der Waals surface area contributed by atoms with E-state index >= 15 is 0 Å². The summed E-state index contributed by atoms with van der Waals surface area (Å²) in [4.78, 5) is 13.9. The van der Waals surface area contributed by atoms with Crippen LogP contribution in [0.2, 0.25) is 0 Å². The summed E-state index contributed by atoms with van der Waals surface area (Å²) in [5.74, 6) is 0.00352. The molecule has 1 aromatic carbocycles. The van der Waals surface area contributed by atoms with Crippen LogP contribution in [0, 0.1) is 6.92 Å². The molecule has 1 amide bonds. The molecule has 0 aliphatic carbocycles. The van der Waals surface area contributed by atoms with Crippen molar-refractivity contribution in [3.8, 4) is 0 Å². The molecule has 0 bridgehead atoms. The highest BCUT2D eigenvalue weighted by Crippen LogP contribution is 2.14. The third-order valence-corrected chi connectivity index (χ3v) is 2.99. The van der Waals surface area contributed by atoms with Gasteiger partial charge in [-0.2, -0.15) is 0 Å². The maximum atomic E-state index is 12.2. The van der Waals surface area contributed by atoms with E-state index in [0.29, 0.717) is 17.8 Å². The highest BCUT2D eigenvalue weighted by molar-refractivity contribution is 5.96. The first-order valence-corrected chi connectivity index (χ1v) is 6.28. The normalized spacial score (nSPS) is 10.4. The lowest BCUT2D eigenvalue weighted by Gasteiger charge is -2.18. The van der Waals surface area contributed by atoms with Gasteiger partial charge in [0.1, 0.15) is 0 Å². The molecule has 0 spiro atoms. The average Bonchev–Trinajstić information content (AvgIpc) is 2.36. The standard InChI is InChI=1S/C14H22N2O2/c1-11-6-7-12(15)10-13(11)14(18)16(2)8-4-3-5-9-17/h6-7,10,17H,3-5,8-9,15H2,1-2H3. The van der Waals surface area contributed by atoms with Crippen molar-refractivity contribution in [2.75, 3.05) is 25.9 Å². The minimum Gasteiger partial charge on any atom is -0.399 e. The zero-order chi connectivity index (χ0) is 13.5. The molecule has 100 valence electrons. The molecule has 3 N–H and O–H groups in total. The lowest BCUT2D eigenvalue weighted by molar-refractivity contribution is 0.0791. The second kappa shape index (κ2) is 7.01. The summed E-state index contributed by atoms with van der Waals surface area (Å²) in [6.45, 7) is 2.82. The molecule has 0 atom stereocenters. The molecule has 0 aliphatic rings. The van der Waals surface area contributed by atoms with Crippen LogP contribution in [-0.4, -0.2) is 36.1 Å². The fourth-order valence-electron chi connectivity index (χ4n) is 1.81. The van der Waals surface area contributed by atoms with Crippen LogP contribution < -0.4 is 5.73 Å². The van der Waals surface area contributed by atoms with E-state index in [9.17, 15) is 4.79 Å². The summed E-state index contributed by atoms with van der Waals surface area (Å²) in [7, 11) is 1.80. The number of nitrogen functional groups attached to an aromatic ring is 1. The maximum Gasteiger partial charge on any atom is 0.253 e. The fraction of sp³-hybridized carbons (Fsp3) is 0.500. The Balaban J connectivity index is 2.60. The summed E-state index contributed by atoms with van der Waals surface area (Å²) < 4.78 is 0. The van der Waals surface area contributed by atoms with Crippen LogP contribution >= 0.6 is 0 Å². The number of carbonyl (C=O) groups is 1. The van der Waals surface area contributed by atoms with E-state index in [-0.39, 0.29) is 12.5 Å². The molecule has 18 heavy (non-hydrogen) atoms. The number of carbonyl (C=O) groups excluding carboxylic acids is 1. The van der Waals surface area contributed by atoms with Crippen LogP contribution in [0.25, 0.3) is 0 Å². The Morgan fingerprint density at radius 1 is 1.33 bits per heavy atom. The predicted octanol–water partition coefficient (Wildman–Crippen LogP) is 1.81. The third kappa shape index (κ3) is 4.04. The first-order valence-electron chi connectivity index (χ1n) is 6.28. The minimum absolute atomic E-state index is 0.00352. The SMILES string of the molecule is Cc1ccc(N)cc1C(=O)N(C)CCCCCO. The first-order chi connectivity index (χ1) is 8.56. The highest BCUT2D eigenvalue weighted by atomic mass is 16.2. The molecular weight excluding hydrogens is 228 g/mol. The Labute approximate surface area is 108 Å². The summed E-state index contributed by atoms with van der Waals surface area (Å²) in [6.07, 6.45) is 2.63. The molecular formula is C14H22N2O2. The number of aliphatic hydroxyl groups is 1. The van der Waals surface area contributed by atoms with Gasteiger partial charge in [-0.15, -0.1) is 0 Å². The number of nitrogens with two attached hydrogens (primary N) is 1. The van der Waals surface area contributed by atoms with Crippen molar-refractivity contribution < 1.29 is 9.90 Å². The first kappa shape index (κ1) is 14.5. The molecule has 0 saturated carbocycles. The third-order valence-electron chi connectivity index (χ3n) is 2.99. The van der Waals surface area contributed by atoms with Crippen molar-refractivity contribution in [2.45, 2.75) is 26.2 Å². The summed E-state index contributed by atoms with van der Waals surface area (Å²) >= 11 is 0. The van der Waals surface area contributed by atoms with E-state index < -0.39 is 0 Å². The number of rotatable bonds is 6. The number of hydrogen-bond acceptors (Lipinski definition) is 3. The summed E-state index contributed by atoms with van der Waals surface area (Å²) in [5.41, 5.74) is 7.92. The van der Waals surface area contributed by atoms with Crippen LogP contribution in [-0.2, 0) is 0 Å². The van der Waals surface area contributed by atoms with Crippen molar-refractivity contribution in [3.63, 3.8) is 0 Å². The van der Waals surface area contributed by atoms with Crippen LogP contribution in [0.3, 0.4) is 0 Å². The van der Waals surface area contributed by atoms with Crippen LogP contribution in [0.1, 0.15) is 35.2 Å². The second-order valence-corrected chi connectivity index (χ2v) is 4.59. The van der Waals surface area contributed by atoms with Gasteiger partial charge in [0, 0.05) is 31.5 Å². The molecule has 1 rings (SSSR count). The Morgan fingerprint density at radius 2 is 2.06 bits per heavy atom. The van der Waals surface area contributed by atoms with Gasteiger partial charge < -0.3 is 15.7 Å². The molecule has 0 saturated heterocycles. The van der Waals surface area contributed by atoms with Gasteiger partial charge in [-0.25, -0.2) is 0 Å². The Hall–Kier alpha value is -1.55. The Bertz CT molecular complexity index is 405. The average molecular weight is 250 g/mol. The fourth-order valence-corrected chi connectivity index (χ4v) is 1.81. The summed E-state index contributed by atoms with van der Waals surface area (Å²) in [6, 6.07) is 5.39. The number of nitrogens with zero attached hydrogens (tertiary/aromatic N) is 1. The Morgan fingerprint density at radius 3 is 2.72 bits per heavy atom. The number of hydrogen-bond donors (Lipinski definition) is 2. The quantitative estimate of drug-likeness (QED) is 0.597. The van der Waals surface area contributed by atoms with Crippen molar-refractivity contribution in [3.05, 3.63) is 29.3 Å². The summed E-state index contributed by atoms with van der Waals surface area (Å²) in [5, 5.41) is 8.69. The van der Waals surface area contributed by atoms with Gasteiger partial charge in [-0.05, 0) is 43.9 Å². The van der Waals surface area contributed by atoms with Crippen molar-refractivity contribution in [2.24, 2.45) is 0 Å². The van der Waals surface area contributed by atoms with Gasteiger partial charge in [0.2, 0.25) is 0 Å². The monoisotopic (exact) mass is 250 g/mol. The maximum absolute atomic E-state index is 12.2. The molecule has 4 heteroatoms. The van der Waals surface area contributed by atoms with Gasteiger partial charge in [0.25, 0.3) is 5.91 Å². The van der Waals surface area contributed by atoms with Gasteiger partial charge in [-0.1, -0.05) is 6.07 Å². The number of aryl methyl sites for hydroxylation is 1. The number of amides is 1. The van der Waals surface area contributed by atoms with E-state index in [2.05, 4.69) is 0 Å². The van der Waals surface area contributed by atoms with E-state index in [4.69, 9.17) is 10.8 Å². The molecule has 0 aliphatic heterocycles. The van der Waals surface area contributed by atoms with Gasteiger partial charge in [0.05, 0.1) is 0 Å². The van der Waals surface area contributed by atoms with Crippen LogP contribution in [0.4, 0.5) is 5.69 Å². The predicted molar refractivity (Wildman–Crippen MR) is 73.5 cm³/mol. The molecule has 0 radical (unpaired) electrons. The topological polar surface area (TPSA) is 66.6 Å². The van der Waals surface area contributed by atoms with Gasteiger partial charge in [-0.3, -0.25) is 4.79 Å². The molecule has 1 aromatic rings. The zero-order valence-corrected chi connectivity index (χ0v) is 11.1. The minimum atomic E-state index is 0.00352. The van der Waals surface area contributed by atoms with Crippen LogP contribution in [0.5, 0.6) is 0 Å². The van der Waals surface area contributed by atoms with Crippen molar-refractivity contribution >= 4 is 11.6 Å². The van der Waals surface area contributed by atoms with E-state index in [0.717, 1.165) is 24.8 Å². The lowest BCUT2D eigenvalue weighted by Crippen LogP contribution is -2.28. The van der Waals surface area contributed by atoms with E-state index in [1.165, 1.54) is 0 Å². The number of aliphatic hydroxyl groups excluding tert-OH is 1. The molecule has 4 nitrogen and oxygen atoms in total. The molecule has 0 heterocycles. The van der Waals surface area contributed by atoms with Gasteiger partial charge >= 0.3 is 0 Å². The smallest absolute Gasteiger partial charge is 0.253 e. The second-order valence-electron chi connectivity index (χ2n) is 4.59. The molecule has 0 fully saturated rings. The van der Waals surface area contributed by atoms with E-state index in [1.54, 1.807) is 24.1 Å². The Kier molecular flexibility index (Phi) is 5.65. The van der Waals surface area contributed by atoms with Crippen molar-refractivity contribution in [1.82, 2.24) is 4.90 Å². The van der Waals surface area contributed by atoms with Crippen LogP contribution in [0.15, 0.2) is 18.2 Å². The van der Waals surface area contributed by atoms with Gasteiger partial charge in [0.15, 0.2) is 0 Å².